The predicted molar refractivity (Wildman–Crippen MR) is 365 cm³/mol. The van der Waals surface area contributed by atoms with Crippen molar-refractivity contribution in [2.45, 2.75) is 235 Å². The van der Waals surface area contributed by atoms with Crippen molar-refractivity contribution in [3.05, 3.63) is 179 Å². The lowest BCUT2D eigenvalue weighted by atomic mass is 9.36. The van der Waals surface area contributed by atoms with E-state index in [0.29, 0.717) is 61.7 Å². The summed E-state index contributed by atoms with van der Waals surface area (Å²) in [4.78, 5) is 28.9. The average Bonchev–Trinajstić information content (AvgIpc) is 1.31. The summed E-state index contributed by atoms with van der Waals surface area (Å²) in [5.74, 6) is 0.211. The largest absolute Gasteiger partial charge is 0.462 e. The van der Waals surface area contributed by atoms with Gasteiger partial charge in [0, 0.05) is 23.3 Å². The number of esters is 2. The van der Waals surface area contributed by atoms with Crippen LogP contribution in [-0.4, -0.2) is 57.8 Å². The van der Waals surface area contributed by atoms with Gasteiger partial charge in [-0.25, -0.2) is 4.79 Å². The van der Waals surface area contributed by atoms with Crippen LogP contribution in [-0.2, 0) is 37.3 Å². The number of benzene rings is 5. The molecule has 2 spiro atoms. The van der Waals surface area contributed by atoms with Crippen molar-refractivity contribution in [3.63, 3.8) is 0 Å². The summed E-state index contributed by atoms with van der Waals surface area (Å²) in [6.45, 7) is 7.15. The van der Waals surface area contributed by atoms with Crippen LogP contribution in [0.25, 0.3) is 10.8 Å². The number of carbonyl (C=O) groups is 2. The number of carbonyl (C=O) groups excluding carboxylic acids is 2. The molecular formula is C85H104O7. The van der Waals surface area contributed by atoms with Gasteiger partial charge in [-0.05, 0) is 254 Å². The second kappa shape index (κ2) is 23.8. The molecule has 0 saturated heterocycles. The van der Waals surface area contributed by atoms with Gasteiger partial charge in [-0.1, -0.05) is 186 Å². The molecule has 7 heteroatoms. The monoisotopic (exact) mass is 1240 g/mol. The van der Waals surface area contributed by atoms with Crippen LogP contribution in [0.4, 0.5) is 0 Å². The number of fused-ring (bicyclic) bond motifs is 5. The third-order valence-corrected chi connectivity index (χ3v) is 29.3. The SMILES string of the molecule is CC(CCCc1ccccc1)CC1C=CC2CCC(Cc3ccccc3)CC2C(=O)OC2CC(C)C(O)(CCC3=CC(=O)OC3)C3(C(O)CCC(C)(C4CCC56CC7(CCCC7)C7CC8(c9ccccc9)CCCCC8c8ccc9cccc(c9c8C75)C6C4)C23)C1O. The van der Waals surface area contributed by atoms with Crippen molar-refractivity contribution in [1.29, 1.82) is 0 Å². The van der Waals surface area contributed by atoms with Gasteiger partial charge in [0.25, 0.3) is 0 Å². The summed E-state index contributed by atoms with van der Waals surface area (Å²) >= 11 is 0. The minimum Gasteiger partial charge on any atom is -0.462 e. The maximum atomic E-state index is 16.1. The van der Waals surface area contributed by atoms with Crippen molar-refractivity contribution in [2.75, 3.05) is 6.61 Å². The highest BCUT2D eigenvalue weighted by Gasteiger charge is 2.77. The quantitative estimate of drug-likeness (QED) is 0.0795. The number of aliphatic hydroxyl groups excluding tert-OH is 2. The van der Waals surface area contributed by atoms with Crippen molar-refractivity contribution in [2.24, 2.45) is 74.9 Å². The molecule has 20 atom stereocenters. The molecule has 2 aliphatic heterocycles. The number of allylic oxidation sites excluding steroid dienone is 1. The Bertz CT molecular complexity index is 3610. The molecule has 486 valence electrons. The number of rotatable bonds is 13. The van der Waals surface area contributed by atoms with Crippen LogP contribution in [0.15, 0.2) is 145 Å². The second-order valence-electron chi connectivity index (χ2n) is 33.4. The lowest BCUT2D eigenvalue weighted by Gasteiger charge is -2.71. The molecule has 3 N–H and O–H groups in total. The van der Waals surface area contributed by atoms with Gasteiger partial charge < -0.3 is 24.8 Å². The summed E-state index contributed by atoms with van der Waals surface area (Å²) < 4.78 is 13.1. The maximum Gasteiger partial charge on any atom is 0.331 e. The van der Waals surface area contributed by atoms with E-state index >= 15 is 4.79 Å². The first kappa shape index (κ1) is 61.5. The minimum atomic E-state index is -1.61. The zero-order valence-corrected chi connectivity index (χ0v) is 55.5. The molecule has 7 nitrogen and oxygen atoms in total. The van der Waals surface area contributed by atoms with Gasteiger partial charge in [0.1, 0.15) is 12.7 Å². The Labute approximate surface area is 549 Å². The van der Waals surface area contributed by atoms with Gasteiger partial charge in [0.2, 0.25) is 0 Å². The molecule has 7 fully saturated rings. The Balaban J connectivity index is 0.839. The first-order chi connectivity index (χ1) is 44.7. The first-order valence-electron chi connectivity index (χ1n) is 37.2. The zero-order valence-electron chi connectivity index (χ0n) is 55.5. The Morgan fingerprint density at radius 3 is 2.24 bits per heavy atom. The fourth-order valence-electron chi connectivity index (χ4n) is 25.5. The number of hydrogen-bond donors (Lipinski definition) is 3. The van der Waals surface area contributed by atoms with E-state index in [1.807, 2.05) is 0 Å². The molecule has 2 heterocycles. The van der Waals surface area contributed by atoms with Gasteiger partial charge >= 0.3 is 11.9 Å². The Morgan fingerprint density at radius 1 is 0.707 bits per heavy atom. The molecule has 0 aromatic heterocycles. The molecule has 9 aliphatic carbocycles. The summed E-state index contributed by atoms with van der Waals surface area (Å²) in [7, 11) is 0. The normalized spacial score (nSPS) is 40.2. The molecule has 11 aliphatic rings. The van der Waals surface area contributed by atoms with E-state index in [2.05, 4.69) is 154 Å². The van der Waals surface area contributed by atoms with Crippen LogP contribution in [0.1, 0.15) is 226 Å². The predicted octanol–water partition coefficient (Wildman–Crippen LogP) is 18.0. The molecular weight excluding hydrogens is 1130 g/mol. The van der Waals surface area contributed by atoms with Crippen LogP contribution in [0.2, 0.25) is 0 Å². The smallest absolute Gasteiger partial charge is 0.331 e. The Morgan fingerprint density at radius 2 is 1.47 bits per heavy atom. The number of cyclic esters (lactones) is 1. The molecule has 92 heavy (non-hydrogen) atoms. The summed E-state index contributed by atoms with van der Waals surface area (Å²) in [5, 5.41) is 46.4. The number of hydrogen-bond acceptors (Lipinski definition) is 7. The highest BCUT2D eigenvalue weighted by Crippen LogP contribution is 2.81. The van der Waals surface area contributed by atoms with E-state index in [1.165, 1.54) is 80.7 Å². The third kappa shape index (κ3) is 9.66. The zero-order chi connectivity index (χ0) is 62.8. The molecule has 20 unspecified atom stereocenters. The molecule has 7 saturated carbocycles. The second-order valence-corrected chi connectivity index (χ2v) is 33.4. The van der Waals surface area contributed by atoms with Crippen molar-refractivity contribution in [3.8, 4) is 0 Å². The lowest BCUT2D eigenvalue weighted by Crippen LogP contribution is -2.77. The third-order valence-electron chi connectivity index (χ3n) is 29.3. The Kier molecular flexibility index (Phi) is 15.9. The molecule has 0 amide bonds. The fraction of sp³-hybridized carbons (Fsp3) is 0.600. The van der Waals surface area contributed by atoms with E-state index < -0.39 is 52.5 Å². The van der Waals surface area contributed by atoms with E-state index in [4.69, 9.17) is 9.47 Å². The standard InChI is InChI=1S/C85H104O7/c1-54(19-17-24-56-20-7-4-8-21-56)45-62-33-32-60-31-30-58(47-57-22-9-5-10-23-57)48-67(60)79(89)92-71-46-55(2)84(90,44-36-59-49-73(87)91-52-59)85(78(62)88)72(86)38-42-80(3,77(71)85)64-37-43-83-53-81(39-15-16-40-81)70-51-82(63-26-11-6-12-27-63)41-14-13-29-68(82)66-35-34-61-25-18-28-65(69(83)50-64)74(61)75(66)76(70)83/h4-12,18,20-23,25-28,32-35,49,54-55,58,60,62,64,67-72,76-78,86,88,90H,13-17,19,24,29-31,36-48,50-53H2,1-3H3. The van der Waals surface area contributed by atoms with Gasteiger partial charge in [0.15, 0.2) is 0 Å². The summed E-state index contributed by atoms with van der Waals surface area (Å²) in [6.07, 6.45) is 28.8. The maximum absolute atomic E-state index is 16.1. The highest BCUT2D eigenvalue weighted by molar-refractivity contribution is 5.93. The van der Waals surface area contributed by atoms with Crippen molar-refractivity contribution >= 4 is 22.7 Å². The Hall–Kier alpha value is -5.34. The van der Waals surface area contributed by atoms with Crippen LogP contribution in [0.3, 0.4) is 0 Å². The van der Waals surface area contributed by atoms with E-state index in [9.17, 15) is 20.1 Å². The minimum absolute atomic E-state index is 0.0598. The average molecular weight is 1240 g/mol. The van der Waals surface area contributed by atoms with E-state index in [-0.39, 0.29) is 64.9 Å². The van der Waals surface area contributed by atoms with Crippen molar-refractivity contribution < 1.29 is 34.4 Å². The first-order valence-corrected chi connectivity index (χ1v) is 37.2. The summed E-state index contributed by atoms with van der Waals surface area (Å²) in [6, 6.07) is 46.0. The van der Waals surface area contributed by atoms with Crippen LogP contribution in [0, 0.1) is 74.9 Å². The number of aryl methyl sites for hydroxylation is 1. The molecule has 2 bridgehead atoms. The van der Waals surface area contributed by atoms with Crippen LogP contribution < -0.4 is 0 Å². The number of aliphatic hydroxyl groups is 3. The van der Waals surface area contributed by atoms with Crippen LogP contribution >= 0.6 is 0 Å². The molecule has 5 aromatic rings. The molecule has 16 rings (SSSR count). The summed E-state index contributed by atoms with van der Waals surface area (Å²) in [5.41, 5.74) is 6.81. The van der Waals surface area contributed by atoms with Gasteiger partial charge in [-0.15, -0.1) is 0 Å². The molecule has 0 radical (unpaired) electrons. The number of ether oxygens (including phenoxy) is 2. The topological polar surface area (TPSA) is 113 Å². The highest BCUT2D eigenvalue weighted by atomic mass is 16.5. The van der Waals surface area contributed by atoms with E-state index in [0.717, 1.165) is 69.8 Å². The fourth-order valence-corrected chi connectivity index (χ4v) is 25.5. The van der Waals surface area contributed by atoms with Gasteiger partial charge in [-0.3, -0.25) is 4.79 Å². The van der Waals surface area contributed by atoms with E-state index in [1.54, 1.807) is 33.7 Å². The van der Waals surface area contributed by atoms with Crippen molar-refractivity contribution in [1.82, 2.24) is 0 Å². The molecule has 5 aromatic carbocycles. The lowest BCUT2D eigenvalue weighted by molar-refractivity contribution is -0.332. The van der Waals surface area contributed by atoms with Crippen LogP contribution in [0.5, 0.6) is 0 Å². The van der Waals surface area contributed by atoms with Gasteiger partial charge in [0.05, 0.1) is 29.1 Å². The van der Waals surface area contributed by atoms with Gasteiger partial charge in [-0.2, -0.15) is 0 Å².